The van der Waals surface area contributed by atoms with Gasteiger partial charge < -0.3 is 20.1 Å². The first-order valence-electron chi connectivity index (χ1n) is 8.57. The van der Waals surface area contributed by atoms with E-state index >= 15 is 0 Å². The predicted octanol–water partition coefficient (Wildman–Crippen LogP) is 3.27. The Morgan fingerprint density at radius 3 is 2.60 bits per heavy atom. The molecular weight excluding hydrogens is 316 g/mol. The third-order valence-corrected chi connectivity index (χ3v) is 4.48. The maximum absolute atomic E-state index is 12.1. The number of ether oxygens (including phenoxy) is 2. The zero-order chi connectivity index (χ0) is 17.5. The van der Waals surface area contributed by atoms with Gasteiger partial charge in [-0.3, -0.25) is 0 Å². The van der Waals surface area contributed by atoms with E-state index in [0.29, 0.717) is 19.0 Å². The molecule has 1 aliphatic rings. The quantitative estimate of drug-likeness (QED) is 0.848. The van der Waals surface area contributed by atoms with Crippen molar-refractivity contribution in [2.45, 2.75) is 19.1 Å². The maximum atomic E-state index is 12.1. The Morgan fingerprint density at radius 1 is 1.12 bits per heavy atom. The van der Waals surface area contributed by atoms with Crippen LogP contribution in [0.5, 0.6) is 5.75 Å². The molecule has 25 heavy (non-hydrogen) atoms. The smallest absolute Gasteiger partial charge is 0.315 e. The third kappa shape index (κ3) is 4.73. The Kier molecular flexibility index (Phi) is 5.90. The molecule has 0 aromatic heterocycles. The minimum absolute atomic E-state index is 0.0584. The van der Waals surface area contributed by atoms with E-state index in [1.165, 1.54) is 5.56 Å². The van der Waals surface area contributed by atoms with Crippen LogP contribution in [0, 0.1) is 5.92 Å². The van der Waals surface area contributed by atoms with Gasteiger partial charge >= 0.3 is 6.03 Å². The lowest BCUT2D eigenvalue weighted by Crippen LogP contribution is -2.38. The summed E-state index contributed by atoms with van der Waals surface area (Å²) in [7, 11) is 1.64. The molecule has 0 aliphatic carbocycles. The van der Waals surface area contributed by atoms with E-state index in [1.807, 2.05) is 42.5 Å². The molecule has 0 radical (unpaired) electrons. The van der Waals surface area contributed by atoms with Crippen LogP contribution in [0.25, 0.3) is 0 Å². The predicted molar refractivity (Wildman–Crippen MR) is 96.5 cm³/mol. The van der Waals surface area contributed by atoms with Crippen molar-refractivity contribution in [3.05, 3.63) is 65.7 Å². The molecule has 132 valence electrons. The van der Waals surface area contributed by atoms with E-state index in [0.717, 1.165) is 24.3 Å². The molecule has 0 bridgehead atoms. The Labute approximate surface area is 148 Å². The van der Waals surface area contributed by atoms with E-state index in [9.17, 15) is 4.79 Å². The Balaban J connectivity index is 1.45. The van der Waals surface area contributed by atoms with Crippen LogP contribution in [0.3, 0.4) is 0 Å². The van der Waals surface area contributed by atoms with Crippen LogP contribution >= 0.6 is 0 Å². The topological polar surface area (TPSA) is 59.6 Å². The Morgan fingerprint density at radius 2 is 1.88 bits per heavy atom. The standard InChI is InChI=1S/C20H24N2O3/c1-24-18-9-7-15(8-10-18)13-21-20(23)22-14-17-11-12-25-19(17)16-5-3-2-4-6-16/h2-10,17,19H,11-14H2,1H3,(H2,21,22,23)/t17-,19-/m0/s1. The summed E-state index contributed by atoms with van der Waals surface area (Å²) in [5, 5.41) is 5.85. The second-order valence-corrected chi connectivity index (χ2v) is 6.16. The van der Waals surface area contributed by atoms with Gasteiger partial charge in [0.2, 0.25) is 0 Å². The SMILES string of the molecule is COc1ccc(CNC(=O)NC[C@@H]2CCO[C@H]2c2ccccc2)cc1. The van der Waals surface area contributed by atoms with Gasteiger partial charge in [-0.25, -0.2) is 4.79 Å². The van der Waals surface area contributed by atoms with E-state index in [-0.39, 0.29) is 12.1 Å². The number of hydrogen-bond acceptors (Lipinski definition) is 3. The average molecular weight is 340 g/mol. The van der Waals surface area contributed by atoms with Crippen LogP contribution in [0.4, 0.5) is 4.79 Å². The van der Waals surface area contributed by atoms with Crippen molar-refractivity contribution in [1.29, 1.82) is 0 Å². The molecule has 2 aromatic rings. The van der Waals surface area contributed by atoms with Crippen LogP contribution in [0.15, 0.2) is 54.6 Å². The number of nitrogens with one attached hydrogen (secondary N) is 2. The summed E-state index contributed by atoms with van der Waals surface area (Å²) >= 11 is 0. The van der Waals surface area contributed by atoms with Gasteiger partial charge in [0, 0.05) is 25.6 Å². The van der Waals surface area contributed by atoms with Crippen molar-refractivity contribution in [3.63, 3.8) is 0 Å². The molecule has 2 aromatic carbocycles. The van der Waals surface area contributed by atoms with Crippen LogP contribution in [0.1, 0.15) is 23.7 Å². The minimum atomic E-state index is -0.158. The summed E-state index contributed by atoms with van der Waals surface area (Å²) in [6, 6.07) is 17.7. The summed E-state index contributed by atoms with van der Waals surface area (Å²) < 4.78 is 11.0. The molecule has 3 rings (SSSR count). The fourth-order valence-corrected chi connectivity index (χ4v) is 3.07. The molecule has 0 unspecified atom stereocenters. The summed E-state index contributed by atoms with van der Waals surface area (Å²) in [5.74, 6) is 1.11. The van der Waals surface area contributed by atoms with Gasteiger partial charge in [0.15, 0.2) is 0 Å². The van der Waals surface area contributed by atoms with Gasteiger partial charge in [-0.05, 0) is 29.7 Å². The number of methoxy groups -OCH3 is 1. The Hall–Kier alpha value is -2.53. The summed E-state index contributed by atoms with van der Waals surface area (Å²) in [6.07, 6.45) is 1.02. The fourth-order valence-electron chi connectivity index (χ4n) is 3.07. The highest BCUT2D eigenvalue weighted by atomic mass is 16.5. The Bertz CT molecular complexity index is 673. The largest absolute Gasteiger partial charge is 0.497 e. The maximum Gasteiger partial charge on any atom is 0.315 e. The van der Waals surface area contributed by atoms with Crippen molar-refractivity contribution in [1.82, 2.24) is 10.6 Å². The van der Waals surface area contributed by atoms with Crippen molar-refractivity contribution < 1.29 is 14.3 Å². The summed E-state index contributed by atoms with van der Waals surface area (Å²) in [6.45, 7) is 1.83. The van der Waals surface area contributed by atoms with Gasteiger partial charge in [0.1, 0.15) is 5.75 Å². The number of carbonyl (C=O) groups is 1. The molecule has 1 saturated heterocycles. The van der Waals surface area contributed by atoms with Gasteiger partial charge in [0.05, 0.1) is 13.2 Å². The molecule has 0 saturated carbocycles. The molecule has 5 nitrogen and oxygen atoms in total. The first kappa shape index (κ1) is 17.3. The minimum Gasteiger partial charge on any atom is -0.497 e. The number of urea groups is 1. The van der Waals surface area contributed by atoms with Crippen molar-refractivity contribution in [3.8, 4) is 5.75 Å². The second kappa shape index (κ2) is 8.53. The van der Waals surface area contributed by atoms with Crippen molar-refractivity contribution >= 4 is 6.03 Å². The average Bonchev–Trinajstić information content (AvgIpc) is 3.14. The molecule has 1 heterocycles. The van der Waals surface area contributed by atoms with Gasteiger partial charge in [-0.1, -0.05) is 42.5 Å². The van der Waals surface area contributed by atoms with E-state index in [4.69, 9.17) is 9.47 Å². The monoisotopic (exact) mass is 340 g/mol. The molecule has 0 spiro atoms. The molecular formula is C20H24N2O3. The molecule has 1 fully saturated rings. The molecule has 1 aliphatic heterocycles. The lowest BCUT2D eigenvalue weighted by Gasteiger charge is -2.19. The van der Waals surface area contributed by atoms with Gasteiger partial charge in [-0.2, -0.15) is 0 Å². The van der Waals surface area contributed by atoms with Crippen LogP contribution < -0.4 is 15.4 Å². The highest BCUT2D eigenvalue weighted by molar-refractivity contribution is 5.73. The third-order valence-electron chi connectivity index (χ3n) is 4.48. The van der Waals surface area contributed by atoms with Crippen LogP contribution in [-0.2, 0) is 11.3 Å². The zero-order valence-corrected chi connectivity index (χ0v) is 14.4. The van der Waals surface area contributed by atoms with Crippen molar-refractivity contribution in [2.24, 2.45) is 5.92 Å². The molecule has 2 atom stereocenters. The molecule has 2 N–H and O–H groups in total. The number of carbonyl (C=O) groups excluding carboxylic acids is 1. The zero-order valence-electron chi connectivity index (χ0n) is 14.4. The summed E-state index contributed by atoms with van der Waals surface area (Å²) in [5.41, 5.74) is 2.20. The number of hydrogen-bond donors (Lipinski definition) is 2. The summed E-state index contributed by atoms with van der Waals surface area (Å²) in [4.78, 5) is 12.1. The normalized spacial score (nSPS) is 19.4. The van der Waals surface area contributed by atoms with Gasteiger partial charge in [0.25, 0.3) is 0 Å². The fraction of sp³-hybridized carbons (Fsp3) is 0.350. The van der Waals surface area contributed by atoms with E-state index in [1.54, 1.807) is 7.11 Å². The highest BCUT2D eigenvalue weighted by Gasteiger charge is 2.29. The number of amides is 2. The van der Waals surface area contributed by atoms with Crippen LogP contribution in [0.2, 0.25) is 0 Å². The van der Waals surface area contributed by atoms with Crippen LogP contribution in [-0.4, -0.2) is 26.3 Å². The molecule has 5 heteroatoms. The second-order valence-electron chi connectivity index (χ2n) is 6.16. The van der Waals surface area contributed by atoms with Crippen molar-refractivity contribution in [2.75, 3.05) is 20.3 Å². The highest BCUT2D eigenvalue weighted by Crippen LogP contribution is 2.33. The first-order valence-corrected chi connectivity index (χ1v) is 8.57. The lowest BCUT2D eigenvalue weighted by atomic mass is 9.95. The lowest BCUT2D eigenvalue weighted by molar-refractivity contribution is 0.0910. The van der Waals surface area contributed by atoms with E-state index < -0.39 is 0 Å². The van der Waals surface area contributed by atoms with Gasteiger partial charge in [-0.15, -0.1) is 0 Å². The molecule has 2 amide bonds. The number of benzene rings is 2. The van der Waals surface area contributed by atoms with E-state index in [2.05, 4.69) is 22.8 Å². The number of rotatable bonds is 6. The first-order chi connectivity index (χ1) is 12.3.